The average molecular weight is 191 g/mol. The fraction of sp³-hybridized carbons (Fsp3) is 0.364. The van der Waals surface area contributed by atoms with Gasteiger partial charge in [0.25, 0.3) is 0 Å². The van der Waals surface area contributed by atoms with E-state index in [0.717, 1.165) is 24.8 Å². The van der Waals surface area contributed by atoms with E-state index in [9.17, 15) is 4.79 Å². The summed E-state index contributed by atoms with van der Waals surface area (Å²) in [6.45, 7) is 0. The lowest BCUT2D eigenvalue weighted by Gasteiger charge is -2.42. The van der Waals surface area contributed by atoms with Gasteiger partial charge in [-0.2, -0.15) is 0 Å². The Morgan fingerprint density at radius 3 is 2.36 bits per heavy atom. The van der Waals surface area contributed by atoms with Gasteiger partial charge in [0.05, 0.1) is 5.54 Å². The monoisotopic (exact) mass is 191 g/mol. The number of amides is 1. The van der Waals surface area contributed by atoms with Gasteiger partial charge in [-0.25, -0.2) is 4.79 Å². The van der Waals surface area contributed by atoms with Crippen LogP contribution in [0.15, 0.2) is 30.3 Å². The molecule has 0 saturated heterocycles. The van der Waals surface area contributed by atoms with E-state index >= 15 is 0 Å². The number of hydrogen-bond donors (Lipinski definition) is 2. The quantitative estimate of drug-likeness (QED) is 0.753. The summed E-state index contributed by atoms with van der Waals surface area (Å²) in [5, 5.41) is 11.4. The van der Waals surface area contributed by atoms with Crippen molar-refractivity contribution in [1.82, 2.24) is 5.32 Å². The topological polar surface area (TPSA) is 49.3 Å². The fourth-order valence-corrected chi connectivity index (χ4v) is 1.98. The van der Waals surface area contributed by atoms with Crippen LogP contribution >= 0.6 is 0 Å². The van der Waals surface area contributed by atoms with Crippen LogP contribution in [0.3, 0.4) is 0 Å². The van der Waals surface area contributed by atoms with Crippen molar-refractivity contribution in [3.8, 4) is 0 Å². The van der Waals surface area contributed by atoms with Crippen LogP contribution in [0.25, 0.3) is 0 Å². The summed E-state index contributed by atoms with van der Waals surface area (Å²) in [7, 11) is 0. The highest BCUT2D eigenvalue weighted by molar-refractivity contribution is 5.66. The molecule has 1 aliphatic carbocycles. The third kappa shape index (κ3) is 1.45. The van der Waals surface area contributed by atoms with Crippen LogP contribution in [-0.4, -0.2) is 11.2 Å². The van der Waals surface area contributed by atoms with Crippen LogP contribution in [-0.2, 0) is 5.54 Å². The highest BCUT2D eigenvalue weighted by Crippen LogP contribution is 2.40. The molecule has 1 saturated carbocycles. The Bertz CT molecular complexity index is 330. The summed E-state index contributed by atoms with van der Waals surface area (Å²) in [5.74, 6) is 0. The zero-order chi connectivity index (χ0) is 10.0. The molecule has 1 aliphatic rings. The molecule has 1 aromatic carbocycles. The molecule has 0 aromatic heterocycles. The molecule has 0 heterocycles. The van der Waals surface area contributed by atoms with E-state index in [4.69, 9.17) is 5.11 Å². The number of hydrogen-bond acceptors (Lipinski definition) is 1. The fourth-order valence-electron chi connectivity index (χ4n) is 1.98. The third-order valence-corrected chi connectivity index (χ3v) is 2.88. The first kappa shape index (κ1) is 9.06. The lowest BCUT2D eigenvalue weighted by atomic mass is 9.72. The van der Waals surface area contributed by atoms with E-state index in [2.05, 4.69) is 5.32 Å². The molecule has 0 aliphatic heterocycles. The minimum Gasteiger partial charge on any atom is -0.465 e. The first-order valence-electron chi connectivity index (χ1n) is 4.80. The maximum Gasteiger partial charge on any atom is 0.405 e. The standard InChI is InChI=1S/C11H13NO2/c13-10(14)12-11(7-4-8-11)9-5-2-1-3-6-9/h1-3,5-6,12H,4,7-8H2,(H,13,14). The number of rotatable bonds is 2. The second kappa shape index (κ2) is 3.33. The number of carbonyl (C=O) groups is 1. The van der Waals surface area contributed by atoms with Gasteiger partial charge in [-0.3, -0.25) is 0 Å². The summed E-state index contributed by atoms with van der Waals surface area (Å²) in [6, 6.07) is 9.79. The van der Waals surface area contributed by atoms with Crippen molar-refractivity contribution in [3.05, 3.63) is 35.9 Å². The molecule has 2 N–H and O–H groups in total. The molecule has 3 heteroatoms. The van der Waals surface area contributed by atoms with Crippen molar-refractivity contribution in [3.63, 3.8) is 0 Å². The average Bonchev–Trinajstić information content (AvgIpc) is 2.12. The summed E-state index contributed by atoms with van der Waals surface area (Å²) >= 11 is 0. The highest BCUT2D eigenvalue weighted by Gasteiger charge is 2.39. The summed E-state index contributed by atoms with van der Waals surface area (Å²) < 4.78 is 0. The van der Waals surface area contributed by atoms with E-state index in [0.29, 0.717) is 0 Å². The molecule has 3 nitrogen and oxygen atoms in total. The molecular formula is C11H13NO2. The summed E-state index contributed by atoms with van der Waals surface area (Å²) in [4.78, 5) is 10.7. The Morgan fingerprint density at radius 1 is 1.29 bits per heavy atom. The first-order chi connectivity index (χ1) is 6.73. The van der Waals surface area contributed by atoms with Crippen LogP contribution in [0.2, 0.25) is 0 Å². The van der Waals surface area contributed by atoms with Crippen LogP contribution in [0.5, 0.6) is 0 Å². The molecule has 0 atom stereocenters. The van der Waals surface area contributed by atoms with Gasteiger partial charge in [0, 0.05) is 0 Å². The Hall–Kier alpha value is -1.51. The molecule has 0 radical (unpaired) electrons. The summed E-state index contributed by atoms with van der Waals surface area (Å²) in [6.07, 6.45) is 1.97. The number of nitrogens with one attached hydrogen (secondary N) is 1. The van der Waals surface area contributed by atoms with Crippen molar-refractivity contribution in [2.24, 2.45) is 0 Å². The SMILES string of the molecule is O=C(O)NC1(c2ccccc2)CCC1. The van der Waals surface area contributed by atoms with Crippen LogP contribution in [0.1, 0.15) is 24.8 Å². The molecule has 0 unspecified atom stereocenters. The van der Waals surface area contributed by atoms with Crippen LogP contribution in [0.4, 0.5) is 4.79 Å². The molecular weight excluding hydrogens is 178 g/mol. The Balaban J connectivity index is 2.25. The molecule has 1 fully saturated rings. The second-order valence-corrected chi connectivity index (χ2v) is 3.73. The maximum absolute atomic E-state index is 10.7. The second-order valence-electron chi connectivity index (χ2n) is 3.73. The van der Waals surface area contributed by atoms with Gasteiger partial charge in [0.1, 0.15) is 0 Å². The third-order valence-electron chi connectivity index (χ3n) is 2.88. The molecule has 1 aromatic rings. The predicted molar refractivity (Wildman–Crippen MR) is 53.1 cm³/mol. The van der Waals surface area contributed by atoms with Crippen molar-refractivity contribution >= 4 is 6.09 Å². The van der Waals surface area contributed by atoms with Crippen LogP contribution in [0, 0.1) is 0 Å². The molecule has 0 bridgehead atoms. The van der Waals surface area contributed by atoms with E-state index in [1.54, 1.807) is 0 Å². The zero-order valence-corrected chi connectivity index (χ0v) is 7.86. The molecule has 74 valence electrons. The largest absolute Gasteiger partial charge is 0.465 e. The van der Waals surface area contributed by atoms with Crippen molar-refractivity contribution in [1.29, 1.82) is 0 Å². The van der Waals surface area contributed by atoms with Gasteiger partial charge in [0.15, 0.2) is 0 Å². The van der Waals surface area contributed by atoms with E-state index in [-0.39, 0.29) is 5.54 Å². The lowest BCUT2D eigenvalue weighted by Crippen LogP contribution is -2.50. The van der Waals surface area contributed by atoms with Gasteiger partial charge < -0.3 is 10.4 Å². The minimum atomic E-state index is -0.937. The summed E-state index contributed by atoms with van der Waals surface area (Å²) in [5.41, 5.74) is 0.765. The van der Waals surface area contributed by atoms with E-state index in [1.165, 1.54) is 0 Å². The van der Waals surface area contributed by atoms with Crippen molar-refractivity contribution in [2.75, 3.05) is 0 Å². The molecule has 1 amide bonds. The van der Waals surface area contributed by atoms with Crippen LogP contribution < -0.4 is 5.32 Å². The van der Waals surface area contributed by atoms with E-state index < -0.39 is 6.09 Å². The van der Waals surface area contributed by atoms with Gasteiger partial charge in [-0.15, -0.1) is 0 Å². The predicted octanol–water partition coefficient (Wildman–Crippen LogP) is 2.33. The van der Waals surface area contributed by atoms with Gasteiger partial charge in [-0.1, -0.05) is 30.3 Å². The number of benzene rings is 1. The molecule has 14 heavy (non-hydrogen) atoms. The smallest absolute Gasteiger partial charge is 0.405 e. The van der Waals surface area contributed by atoms with Crippen molar-refractivity contribution < 1.29 is 9.90 Å². The van der Waals surface area contributed by atoms with Gasteiger partial charge in [0.2, 0.25) is 0 Å². The molecule has 0 spiro atoms. The highest BCUT2D eigenvalue weighted by atomic mass is 16.4. The van der Waals surface area contributed by atoms with Gasteiger partial charge >= 0.3 is 6.09 Å². The lowest BCUT2D eigenvalue weighted by molar-refractivity contribution is 0.144. The Labute approximate surface area is 82.8 Å². The zero-order valence-electron chi connectivity index (χ0n) is 7.86. The van der Waals surface area contributed by atoms with Gasteiger partial charge in [-0.05, 0) is 24.8 Å². The minimum absolute atomic E-state index is 0.312. The van der Waals surface area contributed by atoms with E-state index in [1.807, 2.05) is 30.3 Å². The Kier molecular flexibility index (Phi) is 2.15. The normalized spacial score (nSPS) is 18.3. The number of carboxylic acid groups (broad SMARTS) is 1. The maximum atomic E-state index is 10.7. The molecule has 2 rings (SSSR count). The van der Waals surface area contributed by atoms with Crippen molar-refractivity contribution in [2.45, 2.75) is 24.8 Å². The Morgan fingerprint density at radius 2 is 1.93 bits per heavy atom. The first-order valence-corrected chi connectivity index (χ1v) is 4.80.